The summed E-state index contributed by atoms with van der Waals surface area (Å²) >= 11 is 4.55. The molecule has 0 radical (unpaired) electrons. The highest BCUT2D eigenvalue weighted by Crippen LogP contribution is 2.21. The number of nitrogens with zero attached hydrogens (tertiary/aromatic N) is 4. The molecule has 0 aliphatic heterocycles. The topological polar surface area (TPSA) is 102 Å². The number of anilines is 1. The van der Waals surface area contributed by atoms with Crippen molar-refractivity contribution in [2.75, 3.05) is 17.6 Å². The number of amides is 2. The molecule has 0 saturated carbocycles. The molecular weight excluding hydrogens is 444 g/mol. The first kappa shape index (κ1) is 20.0. The highest BCUT2D eigenvalue weighted by molar-refractivity contribution is 9.10. The first-order valence-corrected chi connectivity index (χ1v) is 10.1. The van der Waals surface area contributed by atoms with Crippen molar-refractivity contribution >= 4 is 45.2 Å². The average Bonchev–Trinajstić information content (AvgIpc) is 3.15. The molecule has 3 aromatic rings. The summed E-state index contributed by atoms with van der Waals surface area (Å²) in [5.41, 5.74) is 2.55. The van der Waals surface area contributed by atoms with Crippen LogP contribution in [0, 0.1) is 6.92 Å². The highest BCUT2D eigenvalue weighted by atomic mass is 79.9. The second-order valence-corrected chi connectivity index (χ2v) is 7.60. The third-order valence-electron chi connectivity index (χ3n) is 3.61. The normalized spacial score (nSPS) is 10.5. The Labute approximate surface area is 174 Å². The standard InChI is InChI=1S/C18H17BrN6O2S/c1-12-5-4-6-13(9-12)25-18(22-23-24-25)28-11-17(27)20-10-16(26)21-15-8-3-2-7-14(15)19/h2-9H,10-11H2,1H3,(H,20,27)(H,21,26). The lowest BCUT2D eigenvalue weighted by Gasteiger charge is -2.08. The molecule has 0 atom stereocenters. The lowest BCUT2D eigenvalue weighted by Crippen LogP contribution is -2.34. The van der Waals surface area contributed by atoms with E-state index in [1.54, 1.807) is 10.7 Å². The second-order valence-electron chi connectivity index (χ2n) is 5.81. The zero-order chi connectivity index (χ0) is 19.9. The number of aryl methyl sites for hydroxylation is 1. The van der Waals surface area contributed by atoms with E-state index in [4.69, 9.17) is 0 Å². The van der Waals surface area contributed by atoms with Crippen LogP contribution in [0.5, 0.6) is 0 Å². The van der Waals surface area contributed by atoms with E-state index in [0.717, 1.165) is 15.7 Å². The summed E-state index contributed by atoms with van der Waals surface area (Å²) < 4.78 is 2.35. The molecule has 0 saturated heterocycles. The maximum absolute atomic E-state index is 12.1. The Bertz CT molecular complexity index is 993. The lowest BCUT2D eigenvalue weighted by molar-refractivity contribution is -0.122. The van der Waals surface area contributed by atoms with Crippen LogP contribution in [0.15, 0.2) is 58.2 Å². The Morgan fingerprint density at radius 1 is 1.14 bits per heavy atom. The van der Waals surface area contributed by atoms with Gasteiger partial charge in [-0.15, -0.1) is 5.10 Å². The molecule has 3 rings (SSSR count). The van der Waals surface area contributed by atoms with Crippen molar-refractivity contribution in [2.45, 2.75) is 12.1 Å². The number of benzene rings is 2. The summed E-state index contributed by atoms with van der Waals surface area (Å²) in [6.07, 6.45) is 0. The van der Waals surface area contributed by atoms with Crippen molar-refractivity contribution in [3.63, 3.8) is 0 Å². The summed E-state index contributed by atoms with van der Waals surface area (Å²) in [6.45, 7) is 1.86. The molecule has 0 spiro atoms. The van der Waals surface area contributed by atoms with Crippen molar-refractivity contribution < 1.29 is 9.59 Å². The fourth-order valence-electron chi connectivity index (χ4n) is 2.31. The lowest BCUT2D eigenvalue weighted by atomic mass is 10.2. The molecule has 144 valence electrons. The van der Waals surface area contributed by atoms with Crippen LogP contribution in [0.2, 0.25) is 0 Å². The summed E-state index contributed by atoms with van der Waals surface area (Å²) in [5.74, 6) is -0.505. The van der Waals surface area contributed by atoms with Gasteiger partial charge in [-0.25, -0.2) is 0 Å². The SMILES string of the molecule is Cc1cccc(-n2nnnc2SCC(=O)NCC(=O)Nc2ccccc2Br)c1. The minimum atomic E-state index is -0.310. The fraction of sp³-hybridized carbons (Fsp3) is 0.167. The molecule has 2 amide bonds. The van der Waals surface area contributed by atoms with E-state index >= 15 is 0 Å². The van der Waals surface area contributed by atoms with Gasteiger partial charge >= 0.3 is 0 Å². The molecule has 1 aromatic heterocycles. The molecule has 0 fully saturated rings. The van der Waals surface area contributed by atoms with Gasteiger partial charge in [-0.2, -0.15) is 4.68 Å². The molecule has 0 aliphatic rings. The van der Waals surface area contributed by atoms with Crippen LogP contribution in [0.25, 0.3) is 5.69 Å². The maximum Gasteiger partial charge on any atom is 0.243 e. The number of hydrogen-bond acceptors (Lipinski definition) is 6. The zero-order valence-electron chi connectivity index (χ0n) is 14.9. The molecule has 8 nitrogen and oxygen atoms in total. The van der Waals surface area contributed by atoms with E-state index in [1.165, 1.54) is 11.8 Å². The highest BCUT2D eigenvalue weighted by Gasteiger charge is 2.13. The smallest absolute Gasteiger partial charge is 0.243 e. The fourth-order valence-corrected chi connectivity index (χ4v) is 3.41. The quantitative estimate of drug-likeness (QED) is 0.525. The maximum atomic E-state index is 12.1. The van der Waals surface area contributed by atoms with Gasteiger partial charge in [0.2, 0.25) is 17.0 Å². The van der Waals surface area contributed by atoms with Crippen LogP contribution in [0.1, 0.15) is 5.56 Å². The van der Waals surface area contributed by atoms with Crippen LogP contribution >= 0.6 is 27.7 Å². The van der Waals surface area contributed by atoms with Gasteiger partial charge in [0.05, 0.1) is 23.7 Å². The number of para-hydroxylation sites is 1. The first-order valence-electron chi connectivity index (χ1n) is 8.32. The number of hydrogen-bond donors (Lipinski definition) is 2. The number of nitrogens with one attached hydrogen (secondary N) is 2. The van der Waals surface area contributed by atoms with Gasteiger partial charge in [0.1, 0.15) is 0 Å². The van der Waals surface area contributed by atoms with Crippen molar-refractivity contribution in [1.82, 2.24) is 25.5 Å². The molecule has 2 N–H and O–H groups in total. The van der Waals surface area contributed by atoms with Gasteiger partial charge in [-0.3, -0.25) is 9.59 Å². The van der Waals surface area contributed by atoms with E-state index < -0.39 is 0 Å². The Balaban J connectivity index is 1.50. The van der Waals surface area contributed by atoms with Crippen LogP contribution < -0.4 is 10.6 Å². The van der Waals surface area contributed by atoms with Gasteiger partial charge in [0.15, 0.2) is 0 Å². The number of thioether (sulfide) groups is 1. The Kier molecular flexibility index (Phi) is 6.77. The Morgan fingerprint density at radius 2 is 1.96 bits per heavy atom. The van der Waals surface area contributed by atoms with E-state index in [2.05, 4.69) is 42.1 Å². The van der Waals surface area contributed by atoms with Gasteiger partial charge < -0.3 is 10.6 Å². The van der Waals surface area contributed by atoms with Crippen LogP contribution in [0.4, 0.5) is 5.69 Å². The van der Waals surface area contributed by atoms with Crippen molar-refractivity contribution in [1.29, 1.82) is 0 Å². The van der Waals surface area contributed by atoms with Gasteiger partial charge in [-0.05, 0) is 63.1 Å². The number of carbonyl (C=O) groups is 2. The van der Waals surface area contributed by atoms with Crippen molar-refractivity contribution in [3.8, 4) is 5.69 Å². The first-order chi connectivity index (χ1) is 13.5. The van der Waals surface area contributed by atoms with E-state index in [0.29, 0.717) is 10.8 Å². The average molecular weight is 461 g/mol. The molecule has 28 heavy (non-hydrogen) atoms. The predicted molar refractivity (Wildman–Crippen MR) is 110 cm³/mol. The number of tetrazole rings is 1. The third-order valence-corrected chi connectivity index (χ3v) is 5.22. The van der Waals surface area contributed by atoms with Gasteiger partial charge in [0, 0.05) is 4.47 Å². The van der Waals surface area contributed by atoms with E-state index in [-0.39, 0.29) is 24.1 Å². The molecule has 0 unspecified atom stereocenters. The second kappa shape index (κ2) is 9.47. The summed E-state index contributed by atoms with van der Waals surface area (Å²) in [7, 11) is 0. The molecular formula is C18H17BrN6O2S. The van der Waals surface area contributed by atoms with Crippen molar-refractivity contribution in [2.24, 2.45) is 0 Å². The summed E-state index contributed by atoms with van der Waals surface area (Å²) in [4.78, 5) is 24.0. The molecule has 0 aliphatic carbocycles. The number of rotatable bonds is 7. The summed E-state index contributed by atoms with van der Waals surface area (Å²) in [5, 5.41) is 17.4. The zero-order valence-corrected chi connectivity index (χ0v) is 17.3. The molecule has 0 bridgehead atoms. The Hall–Kier alpha value is -2.72. The van der Waals surface area contributed by atoms with Crippen LogP contribution in [-0.4, -0.2) is 44.3 Å². The van der Waals surface area contributed by atoms with Gasteiger partial charge in [-0.1, -0.05) is 36.0 Å². The number of halogens is 1. The summed E-state index contributed by atoms with van der Waals surface area (Å²) in [6, 6.07) is 15.0. The molecule has 1 heterocycles. The van der Waals surface area contributed by atoms with Gasteiger partial charge in [0.25, 0.3) is 0 Å². The van der Waals surface area contributed by atoms with E-state index in [9.17, 15) is 9.59 Å². The van der Waals surface area contributed by atoms with Crippen LogP contribution in [0.3, 0.4) is 0 Å². The minimum absolute atomic E-state index is 0.0918. The minimum Gasteiger partial charge on any atom is -0.346 e. The van der Waals surface area contributed by atoms with Crippen molar-refractivity contribution in [3.05, 3.63) is 58.6 Å². The Morgan fingerprint density at radius 3 is 2.75 bits per heavy atom. The molecule has 10 heteroatoms. The predicted octanol–water partition coefficient (Wildman–Crippen LogP) is 2.58. The number of aromatic nitrogens is 4. The monoisotopic (exact) mass is 460 g/mol. The largest absolute Gasteiger partial charge is 0.346 e. The molecule has 2 aromatic carbocycles. The third kappa shape index (κ3) is 5.40. The number of carbonyl (C=O) groups excluding carboxylic acids is 2. The van der Waals surface area contributed by atoms with E-state index in [1.807, 2.05) is 49.4 Å². The van der Waals surface area contributed by atoms with Crippen LogP contribution in [-0.2, 0) is 9.59 Å².